The van der Waals surface area contributed by atoms with Gasteiger partial charge in [0.2, 0.25) is 0 Å². The van der Waals surface area contributed by atoms with Crippen molar-refractivity contribution in [3.8, 4) is 11.5 Å². The summed E-state index contributed by atoms with van der Waals surface area (Å²) in [6.07, 6.45) is 0.149. The van der Waals surface area contributed by atoms with Crippen molar-refractivity contribution in [2.75, 3.05) is 6.61 Å². The Hall–Kier alpha value is -3.06. The van der Waals surface area contributed by atoms with Gasteiger partial charge in [0, 0.05) is 5.92 Å². The summed E-state index contributed by atoms with van der Waals surface area (Å²) in [6.45, 7) is -0.0407. The predicted molar refractivity (Wildman–Crippen MR) is 89.5 cm³/mol. The quantitative estimate of drug-likeness (QED) is 0.445. The molecule has 2 aromatic carbocycles. The van der Waals surface area contributed by atoms with Crippen LogP contribution in [0.25, 0.3) is 0 Å². The zero-order valence-electron chi connectivity index (χ0n) is 13.3. The van der Waals surface area contributed by atoms with Crippen LogP contribution in [0, 0.1) is 0 Å². The van der Waals surface area contributed by atoms with Crippen molar-refractivity contribution in [1.82, 2.24) is 0 Å². The lowest BCUT2D eigenvalue weighted by atomic mass is 9.89. The van der Waals surface area contributed by atoms with Gasteiger partial charge in [-0.1, -0.05) is 24.3 Å². The number of rotatable bonds is 7. The Morgan fingerprint density at radius 1 is 1.04 bits per heavy atom. The minimum Gasteiger partial charge on any atom is -0.504 e. The summed E-state index contributed by atoms with van der Waals surface area (Å²) in [5.74, 6) is -3.13. The van der Waals surface area contributed by atoms with Gasteiger partial charge in [-0.25, -0.2) is 4.79 Å². The van der Waals surface area contributed by atoms with Crippen LogP contribution in [0.4, 0.5) is 0 Å². The Morgan fingerprint density at radius 2 is 1.72 bits per heavy atom. The number of carbonyl (C=O) groups excluding carboxylic acids is 1. The summed E-state index contributed by atoms with van der Waals surface area (Å²) in [6, 6.07) is 11.1. The highest BCUT2D eigenvalue weighted by atomic mass is 16.5. The third-order valence-corrected chi connectivity index (χ3v) is 3.82. The molecule has 0 aliphatic heterocycles. The smallest absolute Gasteiger partial charge is 0.338 e. The topological polar surface area (TPSA) is 130 Å². The number of ether oxygens (including phenoxy) is 1. The van der Waals surface area contributed by atoms with Crippen LogP contribution in [0.2, 0.25) is 0 Å². The Labute approximate surface area is 144 Å². The highest BCUT2D eigenvalue weighted by Gasteiger charge is 2.27. The number of carbonyl (C=O) groups is 2. The third-order valence-electron chi connectivity index (χ3n) is 3.82. The van der Waals surface area contributed by atoms with Crippen LogP contribution in [-0.4, -0.2) is 39.9 Å². The molecular weight excluding hydrogens is 326 g/mol. The van der Waals surface area contributed by atoms with Gasteiger partial charge in [0.1, 0.15) is 6.04 Å². The fraction of sp³-hybridized carbons (Fsp3) is 0.222. The Kier molecular flexibility index (Phi) is 5.97. The molecule has 2 atom stereocenters. The third kappa shape index (κ3) is 4.71. The molecule has 0 bridgehead atoms. The standard InChI is InChI=1S/C18H19NO6/c19-16(17(22)23)13(12-6-7-14(20)15(21)10-12)8-9-25-18(24)11-4-2-1-3-5-11/h1-7,10,13,16,20-21H,8-9,19H2,(H,22,23)/t13?,16-/m0/s1. The summed E-state index contributed by atoms with van der Waals surface area (Å²) in [5.41, 5.74) is 6.55. The summed E-state index contributed by atoms with van der Waals surface area (Å²) in [4.78, 5) is 23.2. The number of carboxylic acids is 1. The number of hydrogen-bond donors (Lipinski definition) is 4. The maximum Gasteiger partial charge on any atom is 0.338 e. The van der Waals surface area contributed by atoms with Gasteiger partial charge in [-0.05, 0) is 36.2 Å². The molecule has 1 unspecified atom stereocenters. The number of benzene rings is 2. The largest absolute Gasteiger partial charge is 0.504 e. The van der Waals surface area contributed by atoms with Crippen molar-refractivity contribution in [3.63, 3.8) is 0 Å². The monoisotopic (exact) mass is 345 g/mol. The Morgan fingerprint density at radius 3 is 2.32 bits per heavy atom. The zero-order chi connectivity index (χ0) is 18.4. The lowest BCUT2D eigenvalue weighted by molar-refractivity contribution is -0.139. The highest BCUT2D eigenvalue weighted by molar-refractivity contribution is 5.89. The van der Waals surface area contributed by atoms with Crippen LogP contribution in [0.1, 0.15) is 28.3 Å². The first-order valence-corrected chi connectivity index (χ1v) is 7.62. The van der Waals surface area contributed by atoms with Gasteiger partial charge in [-0.3, -0.25) is 4.79 Å². The van der Waals surface area contributed by atoms with Crippen molar-refractivity contribution < 1.29 is 29.6 Å². The van der Waals surface area contributed by atoms with Gasteiger partial charge in [0.15, 0.2) is 11.5 Å². The normalized spacial score (nSPS) is 13.0. The molecule has 0 amide bonds. The van der Waals surface area contributed by atoms with Gasteiger partial charge in [0.05, 0.1) is 12.2 Å². The first-order chi connectivity index (χ1) is 11.9. The van der Waals surface area contributed by atoms with Gasteiger partial charge in [0.25, 0.3) is 0 Å². The van der Waals surface area contributed by atoms with Crippen molar-refractivity contribution >= 4 is 11.9 Å². The number of carboxylic acid groups (broad SMARTS) is 1. The maximum atomic E-state index is 11.9. The van der Waals surface area contributed by atoms with Crippen molar-refractivity contribution in [1.29, 1.82) is 0 Å². The first-order valence-electron chi connectivity index (χ1n) is 7.62. The molecule has 0 fully saturated rings. The highest BCUT2D eigenvalue weighted by Crippen LogP contribution is 2.31. The molecule has 7 nitrogen and oxygen atoms in total. The van der Waals surface area contributed by atoms with Gasteiger partial charge in [-0.15, -0.1) is 0 Å². The van der Waals surface area contributed by atoms with E-state index in [-0.39, 0.29) is 24.5 Å². The van der Waals surface area contributed by atoms with E-state index in [1.54, 1.807) is 30.3 Å². The molecule has 0 aliphatic carbocycles. The first kappa shape index (κ1) is 18.3. The second-order valence-electron chi connectivity index (χ2n) is 5.51. The number of phenols is 2. The molecule has 0 radical (unpaired) electrons. The summed E-state index contributed by atoms with van der Waals surface area (Å²) in [5, 5.41) is 28.2. The molecule has 0 aliphatic rings. The van der Waals surface area contributed by atoms with Crippen molar-refractivity contribution in [3.05, 3.63) is 59.7 Å². The van der Waals surface area contributed by atoms with Crippen LogP contribution < -0.4 is 5.73 Å². The van der Waals surface area contributed by atoms with Gasteiger partial charge in [-0.2, -0.15) is 0 Å². The average molecular weight is 345 g/mol. The summed E-state index contributed by atoms with van der Waals surface area (Å²) in [7, 11) is 0. The molecule has 0 spiro atoms. The molecule has 7 heteroatoms. The second-order valence-corrected chi connectivity index (χ2v) is 5.51. The number of phenolic OH excluding ortho intramolecular Hbond substituents is 2. The number of nitrogens with two attached hydrogens (primary N) is 1. The lowest BCUT2D eigenvalue weighted by Crippen LogP contribution is -2.37. The fourth-order valence-corrected chi connectivity index (χ4v) is 2.43. The number of esters is 1. The maximum absolute atomic E-state index is 11.9. The summed E-state index contributed by atoms with van der Waals surface area (Å²) < 4.78 is 5.16. The van der Waals surface area contributed by atoms with Crippen LogP contribution in [-0.2, 0) is 9.53 Å². The predicted octanol–water partition coefficient (Wildman–Crippen LogP) is 1.84. The fourth-order valence-electron chi connectivity index (χ4n) is 2.43. The van der Waals surface area contributed by atoms with E-state index in [1.165, 1.54) is 18.2 Å². The number of aliphatic carboxylic acids is 1. The Balaban J connectivity index is 2.07. The van der Waals surface area contributed by atoms with E-state index < -0.39 is 23.9 Å². The van der Waals surface area contributed by atoms with Crippen LogP contribution in [0.15, 0.2) is 48.5 Å². The molecule has 0 saturated carbocycles. The van der Waals surface area contributed by atoms with E-state index in [4.69, 9.17) is 10.5 Å². The second kappa shape index (κ2) is 8.16. The molecule has 0 heterocycles. The van der Waals surface area contributed by atoms with Gasteiger partial charge >= 0.3 is 11.9 Å². The van der Waals surface area contributed by atoms with E-state index >= 15 is 0 Å². The Bertz CT molecular complexity index is 746. The van der Waals surface area contributed by atoms with E-state index in [2.05, 4.69) is 0 Å². The van der Waals surface area contributed by atoms with E-state index in [0.717, 1.165) is 0 Å². The SMILES string of the molecule is N[C@H](C(=O)O)C(CCOC(=O)c1ccccc1)c1ccc(O)c(O)c1. The lowest BCUT2D eigenvalue weighted by Gasteiger charge is -2.21. The molecule has 2 rings (SSSR count). The molecule has 25 heavy (non-hydrogen) atoms. The minimum absolute atomic E-state index is 0.0407. The van der Waals surface area contributed by atoms with Crippen molar-refractivity contribution in [2.24, 2.45) is 5.73 Å². The van der Waals surface area contributed by atoms with Crippen LogP contribution >= 0.6 is 0 Å². The van der Waals surface area contributed by atoms with Gasteiger partial charge < -0.3 is 25.8 Å². The van der Waals surface area contributed by atoms with E-state index in [9.17, 15) is 24.9 Å². The zero-order valence-corrected chi connectivity index (χ0v) is 13.3. The molecular formula is C18H19NO6. The molecule has 5 N–H and O–H groups in total. The molecule has 0 saturated heterocycles. The van der Waals surface area contributed by atoms with Crippen LogP contribution in [0.5, 0.6) is 11.5 Å². The van der Waals surface area contributed by atoms with Crippen LogP contribution in [0.3, 0.4) is 0 Å². The van der Waals surface area contributed by atoms with E-state index in [0.29, 0.717) is 11.1 Å². The van der Waals surface area contributed by atoms with E-state index in [1.807, 2.05) is 0 Å². The number of hydrogen-bond acceptors (Lipinski definition) is 6. The average Bonchev–Trinajstić information content (AvgIpc) is 2.61. The minimum atomic E-state index is -1.25. The number of aromatic hydroxyl groups is 2. The molecule has 0 aromatic heterocycles. The van der Waals surface area contributed by atoms with Crippen molar-refractivity contribution in [2.45, 2.75) is 18.4 Å². The summed E-state index contributed by atoms with van der Waals surface area (Å²) >= 11 is 0. The molecule has 2 aromatic rings. The molecule has 132 valence electrons.